The van der Waals surface area contributed by atoms with Crippen LogP contribution in [-0.2, 0) is 23.9 Å². The molecule has 1 saturated heterocycles. The zero-order chi connectivity index (χ0) is 24.5. The minimum absolute atomic E-state index is 0.0171. The van der Waals surface area contributed by atoms with Gasteiger partial charge in [0.15, 0.2) is 0 Å². The number of fused-ring (bicyclic) bond motifs is 1. The van der Waals surface area contributed by atoms with Crippen LogP contribution in [0.3, 0.4) is 0 Å². The fourth-order valence-electron chi connectivity index (χ4n) is 3.89. The topological polar surface area (TPSA) is 157 Å². The predicted octanol–water partition coefficient (Wildman–Crippen LogP) is 0.579. The van der Waals surface area contributed by atoms with Gasteiger partial charge in [-0.15, -0.1) is 0 Å². The van der Waals surface area contributed by atoms with Crippen LogP contribution >= 0.6 is 0 Å². The maximum Gasteiger partial charge on any atom is 0.264 e. The second-order valence-corrected chi connectivity index (χ2v) is 8.09. The maximum absolute atomic E-state index is 13.0. The summed E-state index contributed by atoms with van der Waals surface area (Å²) in [5, 5.41) is 4.74. The Hall–Kier alpha value is -3.15. The Morgan fingerprint density at radius 3 is 2.56 bits per heavy atom. The third kappa shape index (κ3) is 6.25. The van der Waals surface area contributed by atoms with Crippen molar-refractivity contribution in [1.29, 1.82) is 0 Å². The summed E-state index contributed by atoms with van der Waals surface area (Å²) in [6.07, 6.45) is 4.19. The molecule has 0 bridgehead atoms. The van der Waals surface area contributed by atoms with Gasteiger partial charge in [-0.2, -0.15) is 0 Å². The fraction of sp³-hybridized carbons (Fsp3) is 0.522. The number of rotatable bonds is 13. The highest BCUT2D eigenvalue weighted by atomic mass is 16.5. The molecule has 1 fully saturated rings. The first-order chi connectivity index (χ1) is 16.4. The normalized spacial score (nSPS) is 17.7. The van der Waals surface area contributed by atoms with Crippen LogP contribution in [0.15, 0.2) is 18.2 Å². The summed E-state index contributed by atoms with van der Waals surface area (Å²) in [4.78, 5) is 62.6. The number of carbonyl (C=O) groups is 5. The lowest BCUT2D eigenvalue weighted by molar-refractivity contribution is -0.136. The van der Waals surface area contributed by atoms with E-state index in [1.807, 2.05) is 0 Å². The highest BCUT2D eigenvalue weighted by molar-refractivity contribution is 6.26. The Labute approximate surface area is 197 Å². The van der Waals surface area contributed by atoms with Gasteiger partial charge < -0.3 is 20.5 Å². The summed E-state index contributed by atoms with van der Waals surface area (Å²) in [5.74, 6) is -2.95. The molecule has 0 aliphatic carbocycles. The van der Waals surface area contributed by atoms with Gasteiger partial charge in [0.1, 0.15) is 12.6 Å². The highest BCUT2D eigenvalue weighted by Gasteiger charge is 2.45. The number of ether oxygens (including phenoxy) is 2. The average molecular weight is 475 g/mol. The van der Waals surface area contributed by atoms with Crippen molar-refractivity contribution >= 4 is 35.2 Å². The van der Waals surface area contributed by atoms with Crippen LogP contribution in [0.4, 0.5) is 5.69 Å². The number of amides is 5. The third-order valence-electron chi connectivity index (χ3n) is 5.59. The predicted molar refractivity (Wildman–Crippen MR) is 121 cm³/mol. The highest BCUT2D eigenvalue weighted by Crippen LogP contribution is 2.32. The molecule has 1 unspecified atom stereocenters. The lowest BCUT2D eigenvalue weighted by atomic mass is 10.0. The van der Waals surface area contributed by atoms with Crippen molar-refractivity contribution in [1.82, 2.24) is 10.2 Å². The van der Waals surface area contributed by atoms with Crippen LogP contribution in [-0.4, -0.2) is 73.4 Å². The smallest absolute Gasteiger partial charge is 0.264 e. The number of nitrogens with zero attached hydrogens (tertiary/aromatic N) is 1. The van der Waals surface area contributed by atoms with E-state index in [-0.39, 0.29) is 42.9 Å². The first-order valence-electron chi connectivity index (χ1n) is 11.4. The molecule has 1 aromatic carbocycles. The van der Waals surface area contributed by atoms with Crippen molar-refractivity contribution < 1.29 is 33.4 Å². The number of carbonyl (C=O) groups excluding carboxylic acids is 5. The van der Waals surface area contributed by atoms with Gasteiger partial charge in [0.25, 0.3) is 11.8 Å². The Kier molecular flexibility index (Phi) is 9.25. The van der Waals surface area contributed by atoms with Crippen LogP contribution in [0, 0.1) is 0 Å². The zero-order valence-corrected chi connectivity index (χ0v) is 19.0. The molecule has 11 nitrogen and oxygen atoms in total. The van der Waals surface area contributed by atoms with Crippen molar-refractivity contribution in [3.8, 4) is 0 Å². The van der Waals surface area contributed by atoms with Crippen LogP contribution in [0.2, 0.25) is 0 Å². The molecule has 0 spiro atoms. The Morgan fingerprint density at radius 2 is 1.79 bits per heavy atom. The van der Waals surface area contributed by atoms with Gasteiger partial charge >= 0.3 is 0 Å². The molecule has 3 rings (SSSR count). The van der Waals surface area contributed by atoms with Crippen molar-refractivity contribution in [2.24, 2.45) is 5.73 Å². The lowest BCUT2D eigenvalue weighted by Crippen LogP contribution is -2.54. The summed E-state index contributed by atoms with van der Waals surface area (Å²) in [5.41, 5.74) is 5.71. The molecule has 2 aliphatic rings. The first-order valence-corrected chi connectivity index (χ1v) is 11.4. The molecule has 2 heterocycles. The Morgan fingerprint density at radius 1 is 1.03 bits per heavy atom. The maximum atomic E-state index is 13.0. The molecule has 1 aromatic rings. The monoisotopic (exact) mass is 474 g/mol. The first kappa shape index (κ1) is 25.5. The van der Waals surface area contributed by atoms with E-state index in [1.54, 1.807) is 0 Å². The molecule has 34 heavy (non-hydrogen) atoms. The van der Waals surface area contributed by atoms with Crippen LogP contribution < -0.4 is 16.4 Å². The van der Waals surface area contributed by atoms with Gasteiger partial charge in [-0.1, -0.05) is 18.9 Å². The van der Waals surface area contributed by atoms with Crippen molar-refractivity contribution in [3.63, 3.8) is 0 Å². The molecular formula is C23H30N4O7. The van der Waals surface area contributed by atoms with E-state index in [1.165, 1.54) is 18.2 Å². The molecule has 184 valence electrons. The average Bonchev–Trinajstić information content (AvgIpc) is 3.06. The number of piperidine rings is 1. The third-order valence-corrected chi connectivity index (χ3v) is 5.59. The van der Waals surface area contributed by atoms with Gasteiger partial charge in [-0.05, 0) is 37.9 Å². The van der Waals surface area contributed by atoms with E-state index < -0.39 is 35.6 Å². The van der Waals surface area contributed by atoms with Crippen molar-refractivity contribution in [2.45, 2.75) is 44.6 Å². The second-order valence-electron chi connectivity index (χ2n) is 8.09. The quantitative estimate of drug-likeness (QED) is 0.277. The number of anilines is 1. The molecule has 5 amide bonds. The van der Waals surface area contributed by atoms with Gasteiger partial charge in [0.05, 0.1) is 30.0 Å². The molecule has 4 N–H and O–H groups in total. The number of imide groups is 2. The number of hydrogen-bond donors (Lipinski definition) is 3. The summed E-state index contributed by atoms with van der Waals surface area (Å²) in [7, 11) is 0. The largest absolute Gasteiger partial charge is 0.379 e. The molecule has 11 heteroatoms. The number of hydrogen-bond acceptors (Lipinski definition) is 8. The fourth-order valence-corrected chi connectivity index (χ4v) is 3.89. The molecule has 1 atom stereocenters. The molecule has 0 radical (unpaired) electrons. The van der Waals surface area contributed by atoms with Gasteiger partial charge in [-0.25, -0.2) is 0 Å². The summed E-state index contributed by atoms with van der Waals surface area (Å²) < 4.78 is 10.8. The Balaban J connectivity index is 1.48. The van der Waals surface area contributed by atoms with E-state index in [2.05, 4.69) is 10.6 Å². The molecule has 0 aromatic heterocycles. The van der Waals surface area contributed by atoms with Gasteiger partial charge in [-0.3, -0.25) is 34.2 Å². The number of unbranched alkanes of at least 4 members (excludes halogenated alkanes) is 3. The molecule has 0 saturated carbocycles. The van der Waals surface area contributed by atoms with E-state index in [4.69, 9.17) is 15.2 Å². The van der Waals surface area contributed by atoms with Gasteiger partial charge in [0, 0.05) is 13.0 Å². The van der Waals surface area contributed by atoms with Crippen molar-refractivity contribution in [3.05, 3.63) is 29.3 Å². The standard InChI is InChI=1S/C23H30N4O7/c24-10-3-1-2-4-11-33-12-13-34-14-19(29)25-16-7-5-6-15-20(16)23(32)27(22(15)31)17-8-9-18(28)26-21(17)30/h5-7,17H,1-4,8-14,24H2,(H,25,29)(H,26,28,30). The summed E-state index contributed by atoms with van der Waals surface area (Å²) >= 11 is 0. The van der Waals surface area contributed by atoms with E-state index in [9.17, 15) is 24.0 Å². The van der Waals surface area contributed by atoms with Crippen LogP contribution in [0.25, 0.3) is 0 Å². The lowest BCUT2D eigenvalue weighted by Gasteiger charge is -2.27. The van der Waals surface area contributed by atoms with Crippen LogP contribution in [0.5, 0.6) is 0 Å². The summed E-state index contributed by atoms with van der Waals surface area (Å²) in [6.45, 7) is 1.67. The molecule has 2 aliphatic heterocycles. The minimum atomic E-state index is -1.07. The number of benzene rings is 1. The zero-order valence-electron chi connectivity index (χ0n) is 19.0. The second kappa shape index (κ2) is 12.4. The molecular weight excluding hydrogens is 444 g/mol. The summed E-state index contributed by atoms with van der Waals surface area (Å²) in [6, 6.07) is 3.43. The SMILES string of the molecule is NCCCCCCOCCOCC(=O)Nc1cccc2c1C(=O)N(C1CCC(=O)NC1=O)C2=O. The number of nitrogens with two attached hydrogens (primary N) is 1. The van der Waals surface area contributed by atoms with E-state index in [0.717, 1.165) is 30.6 Å². The van der Waals surface area contributed by atoms with E-state index >= 15 is 0 Å². The van der Waals surface area contributed by atoms with Crippen molar-refractivity contribution in [2.75, 3.05) is 38.3 Å². The number of nitrogens with one attached hydrogen (secondary N) is 2. The van der Waals surface area contributed by atoms with Crippen LogP contribution in [0.1, 0.15) is 59.2 Å². The van der Waals surface area contributed by atoms with Gasteiger partial charge in [0.2, 0.25) is 17.7 Å². The minimum Gasteiger partial charge on any atom is -0.379 e. The Bertz CT molecular complexity index is 949. The van der Waals surface area contributed by atoms with E-state index in [0.29, 0.717) is 19.8 Å².